The van der Waals surface area contributed by atoms with E-state index in [2.05, 4.69) is 46.2 Å². The molecular weight excluding hydrogens is 266 g/mol. The van der Waals surface area contributed by atoms with Crippen LogP contribution in [0.15, 0.2) is 28.8 Å². The number of aromatic nitrogens is 3. The Morgan fingerprint density at radius 1 is 1.29 bits per heavy atom. The number of pyridine rings is 1. The highest BCUT2D eigenvalue weighted by molar-refractivity contribution is 5.40. The van der Waals surface area contributed by atoms with Crippen molar-refractivity contribution in [2.24, 2.45) is 0 Å². The van der Waals surface area contributed by atoms with E-state index in [1.165, 1.54) is 0 Å². The van der Waals surface area contributed by atoms with Gasteiger partial charge in [-0.3, -0.25) is 0 Å². The van der Waals surface area contributed by atoms with Gasteiger partial charge in [-0.25, -0.2) is 4.98 Å². The highest BCUT2D eigenvalue weighted by atomic mass is 16.4. The Kier molecular flexibility index (Phi) is 3.53. The molecule has 1 aliphatic heterocycles. The summed E-state index contributed by atoms with van der Waals surface area (Å²) in [4.78, 5) is 6.65. The fraction of sp³-hybridized carbons (Fsp3) is 0.533. The first-order chi connectivity index (χ1) is 10.0. The van der Waals surface area contributed by atoms with E-state index in [0.717, 1.165) is 25.3 Å². The molecule has 21 heavy (non-hydrogen) atoms. The fourth-order valence-electron chi connectivity index (χ4n) is 2.39. The second kappa shape index (κ2) is 5.35. The lowest BCUT2D eigenvalue weighted by molar-refractivity contribution is 0.398. The second-order valence-corrected chi connectivity index (χ2v) is 6.43. The van der Waals surface area contributed by atoms with E-state index >= 15 is 0 Å². The first kappa shape index (κ1) is 13.9. The molecule has 6 nitrogen and oxygen atoms in total. The number of hydrogen-bond donors (Lipinski definition) is 1. The van der Waals surface area contributed by atoms with E-state index < -0.39 is 0 Å². The third kappa shape index (κ3) is 3.15. The Morgan fingerprint density at radius 2 is 2.14 bits per heavy atom. The lowest BCUT2D eigenvalue weighted by Crippen LogP contribution is -2.26. The van der Waals surface area contributed by atoms with Crippen molar-refractivity contribution in [2.75, 3.05) is 23.3 Å². The zero-order valence-corrected chi connectivity index (χ0v) is 12.7. The smallest absolute Gasteiger partial charge is 0.315 e. The molecule has 1 fully saturated rings. The van der Waals surface area contributed by atoms with Crippen molar-refractivity contribution in [1.29, 1.82) is 0 Å². The minimum absolute atomic E-state index is 0.122. The number of hydrogen-bond acceptors (Lipinski definition) is 6. The van der Waals surface area contributed by atoms with Crippen molar-refractivity contribution in [3.8, 4) is 0 Å². The summed E-state index contributed by atoms with van der Waals surface area (Å²) >= 11 is 0. The van der Waals surface area contributed by atoms with Gasteiger partial charge >= 0.3 is 6.01 Å². The molecule has 0 unspecified atom stereocenters. The van der Waals surface area contributed by atoms with Crippen LogP contribution < -0.4 is 10.2 Å². The van der Waals surface area contributed by atoms with Crippen LogP contribution in [0, 0.1) is 0 Å². The monoisotopic (exact) mass is 287 g/mol. The zero-order valence-electron chi connectivity index (χ0n) is 12.7. The molecule has 2 aromatic rings. The van der Waals surface area contributed by atoms with Gasteiger partial charge in [0.15, 0.2) is 0 Å². The third-order valence-electron chi connectivity index (χ3n) is 3.56. The molecule has 1 aliphatic rings. The average molecular weight is 287 g/mol. The Morgan fingerprint density at radius 3 is 2.81 bits per heavy atom. The Labute approximate surface area is 124 Å². The summed E-state index contributed by atoms with van der Waals surface area (Å²) in [6.45, 7) is 8.05. The standard InChI is InChI=1S/C15H21N5O/c1-15(2,3)13-18-19-14(21-13)17-11-7-9-20(10-11)12-6-4-5-8-16-12/h4-6,8,11H,7,9-10H2,1-3H3,(H,17,19)/t11-/m1/s1. The van der Waals surface area contributed by atoms with Crippen molar-refractivity contribution in [3.05, 3.63) is 30.3 Å². The van der Waals surface area contributed by atoms with Crippen LogP contribution in [0.5, 0.6) is 0 Å². The van der Waals surface area contributed by atoms with Gasteiger partial charge in [-0.2, -0.15) is 0 Å². The maximum absolute atomic E-state index is 5.68. The molecule has 1 N–H and O–H groups in total. The highest BCUT2D eigenvalue weighted by Crippen LogP contribution is 2.24. The van der Waals surface area contributed by atoms with Crippen molar-refractivity contribution in [3.63, 3.8) is 0 Å². The molecule has 0 spiro atoms. The van der Waals surface area contributed by atoms with Gasteiger partial charge in [0.1, 0.15) is 5.82 Å². The fourth-order valence-corrected chi connectivity index (χ4v) is 2.39. The number of nitrogens with zero attached hydrogens (tertiary/aromatic N) is 4. The molecule has 0 radical (unpaired) electrons. The molecular formula is C15H21N5O. The highest BCUT2D eigenvalue weighted by Gasteiger charge is 2.26. The van der Waals surface area contributed by atoms with Crippen LogP contribution in [0.25, 0.3) is 0 Å². The molecule has 0 amide bonds. The van der Waals surface area contributed by atoms with Gasteiger partial charge in [-0.15, -0.1) is 5.10 Å². The van der Waals surface area contributed by atoms with Crippen LogP contribution in [0.1, 0.15) is 33.1 Å². The van der Waals surface area contributed by atoms with Crippen LogP contribution in [0.4, 0.5) is 11.8 Å². The van der Waals surface area contributed by atoms with Crippen molar-refractivity contribution < 1.29 is 4.42 Å². The Hall–Kier alpha value is -2.11. The van der Waals surface area contributed by atoms with E-state index in [-0.39, 0.29) is 5.41 Å². The summed E-state index contributed by atoms with van der Waals surface area (Å²) in [5, 5.41) is 11.5. The molecule has 0 bridgehead atoms. The SMILES string of the molecule is CC(C)(C)c1nnc(N[C@@H]2CCN(c3ccccn3)C2)o1. The number of anilines is 2. The Balaban J connectivity index is 1.61. The van der Waals surface area contributed by atoms with E-state index in [1.54, 1.807) is 0 Å². The van der Waals surface area contributed by atoms with E-state index in [0.29, 0.717) is 17.9 Å². The molecule has 3 rings (SSSR count). The number of nitrogens with one attached hydrogen (secondary N) is 1. The molecule has 3 heterocycles. The first-order valence-electron chi connectivity index (χ1n) is 7.29. The zero-order chi connectivity index (χ0) is 14.9. The molecule has 1 atom stereocenters. The minimum atomic E-state index is -0.122. The predicted octanol–water partition coefficient (Wildman–Crippen LogP) is 2.45. The quantitative estimate of drug-likeness (QED) is 0.935. The lowest BCUT2D eigenvalue weighted by Gasteiger charge is -2.17. The van der Waals surface area contributed by atoms with Crippen LogP contribution in [0.2, 0.25) is 0 Å². The van der Waals surface area contributed by atoms with Crippen LogP contribution in [0.3, 0.4) is 0 Å². The van der Waals surface area contributed by atoms with Gasteiger partial charge < -0.3 is 14.6 Å². The Bertz CT molecular complexity index is 590. The molecule has 112 valence electrons. The van der Waals surface area contributed by atoms with Gasteiger partial charge in [0.05, 0.1) is 0 Å². The summed E-state index contributed by atoms with van der Waals surface area (Å²) in [6, 6.07) is 6.79. The van der Waals surface area contributed by atoms with Gasteiger partial charge in [0.2, 0.25) is 5.89 Å². The molecule has 0 aromatic carbocycles. The van der Waals surface area contributed by atoms with Gasteiger partial charge in [-0.1, -0.05) is 31.9 Å². The van der Waals surface area contributed by atoms with Gasteiger partial charge in [-0.05, 0) is 18.6 Å². The normalized spacial score (nSPS) is 19.0. The number of rotatable bonds is 3. The van der Waals surface area contributed by atoms with Crippen molar-refractivity contribution >= 4 is 11.8 Å². The second-order valence-electron chi connectivity index (χ2n) is 6.43. The average Bonchev–Trinajstić information content (AvgIpc) is 3.09. The maximum atomic E-state index is 5.68. The molecule has 6 heteroatoms. The van der Waals surface area contributed by atoms with Crippen LogP contribution >= 0.6 is 0 Å². The largest absolute Gasteiger partial charge is 0.408 e. The van der Waals surface area contributed by atoms with E-state index in [4.69, 9.17) is 4.42 Å². The molecule has 1 saturated heterocycles. The van der Waals surface area contributed by atoms with E-state index in [9.17, 15) is 0 Å². The summed E-state index contributed by atoms with van der Waals surface area (Å²) in [5.74, 6) is 1.67. The maximum Gasteiger partial charge on any atom is 0.315 e. The molecule has 2 aromatic heterocycles. The van der Waals surface area contributed by atoms with Crippen molar-refractivity contribution in [1.82, 2.24) is 15.2 Å². The molecule has 0 aliphatic carbocycles. The van der Waals surface area contributed by atoms with Gasteiger partial charge in [0.25, 0.3) is 0 Å². The van der Waals surface area contributed by atoms with Crippen molar-refractivity contribution in [2.45, 2.75) is 38.6 Å². The lowest BCUT2D eigenvalue weighted by atomic mass is 9.97. The van der Waals surface area contributed by atoms with Gasteiger partial charge in [0, 0.05) is 30.7 Å². The van der Waals surface area contributed by atoms with Crippen LogP contribution in [-0.4, -0.2) is 34.3 Å². The topological polar surface area (TPSA) is 67.1 Å². The summed E-state index contributed by atoms with van der Waals surface area (Å²) in [6.07, 6.45) is 2.85. The summed E-state index contributed by atoms with van der Waals surface area (Å²) in [7, 11) is 0. The first-order valence-corrected chi connectivity index (χ1v) is 7.29. The molecule has 0 saturated carbocycles. The third-order valence-corrected chi connectivity index (χ3v) is 3.56. The summed E-state index contributed by atoms with van der Waals surface area (Å²) in [5.41, 5.74) is -0.122. The minimum Gasteiger partial charge on any atom is -0.408 e. The van der Waals surface area contributed by atoms with Crippen LogP contribution in [-0.2, 0) is 5.41 Å². The van der Waals surface area contributed by atoms with E-state index in [1.807, 2.05) is 24.4 Å². The summed E-state index contributed by atoms with van der Waals surface area (Å²) < 4.78 is 5.68. The predicted molar refractivity (Wildman–Crippen MR) is 81.5 cm³/mol.